The molecule has 5 nitrogen and oxygen atoms in total. The molecule has 0 aromatic heterocycles. The van der Waals surface area contributed by atoms with E-state index in [0.29, 0.717) is 5.56 Å². The van der Waals surface area contributed by atoms with Gasteiger partial charge < -0.3 is 14.9 Å². The minimum absolute atomic E-state index is 0.0188. The molecule has 1 aromatic rings. The van der Waals surface area contributed by atoms with Gasteiger partial charge in [-0.3, -0.25) is 4.79 Å². The number of hydrogen-bond acceptors (Lipinski definition) is 4. The Hall–Kier alpha value is -2.04. The minimum atomic E-state index is -1.54. The molecule has 0 spiro atoms. The van der Waals surface area contributed by atoms with Crippen molar-refractivity contribution in [1.82, 2.24) is 0 Å². The smallest absolute Gasteiger partial charge is 0.377 e. The normalized spacial score (nSPS) is 9.73. The van der Waals surface area contributed by atoms with E-state index in [-0.39, 0.29) is 17.1 Å². The highest BCUT2D eigenvalue weighted by Crippen LogP contribution is 2.30. The number of rotatable bonds is 3. The van der Waals surface area contributed by atoms with E-state index < -0.39 is 11.8 Å². The molecule has 0 bridgehead atoms. The van der Waals surface area contributed by atoms with Crippen LogP contribution in [0.1, 0.15) is 15.9 Å². The van der Waals surface area contributed by atoms with E-state index >= 15 is 0 Å². The van der Waals surface area contributed by atoms with Crippen LogP contribution >= 0.6 is 0 Å². The average molecular weight is 210 g/mol. The Morgan fingerprint density at radius 3 is 2.40 bits per heavy atom. The van der Waals surface area contributed by atoms with Gasteiger partial charge in [0, 0.05) is 5.56 Å². The van der Waals surface area contributed by atoms with Gasteiger partial charge in [-0.1, -0.05) is 0 Å². The fourth-order valence-corrected chi connectivity index (χ4v) is 1.16. The van der Waals surface area contributed by atoms with Crippen LogP contribution in [0.5, 0.6) is 11.5 Å². The van der Waals surface area contributed by atoms with Gasteiger partial charge in [-0.25, -0.2) is 4.79 Å². The van der Waals surface area contributed by atoms with Gasteiger partial charge in [-0.05, 0) is 24.6 Å². The molecule has 0 aliphatic heterocycles. The number of phenols is 1. The van der Waals surface area contributed by atoms with Crippen molar-refractivity contribution in [3.8, 4) is 11.5 Å². The number of Topliss-reactive ketones (excluding diaryl/α,β-unsaturated/α-hetero) is 1. The number of ether oxygens (including phenoxy) is 1. The van der Waals surface area contributed by atoms with Crippen LogP contribution in [0.2, 0.25) is 0 Å². The lowest BCUT2D eigenvalue weighted by molar-refractivity contribution is -0.131. The van der Waals surface area contributed by atoms with Crippen molar-refractivity contribution in [2.75, 3.05) is 7.11 Å². The van der Waals surface area contributed by atoms with Crippen LogP contribution < -0.4 is 4.74 Å². The third-order valence-electron chi connectivity index (χ3n) is 1.94. The Bertz CT molecular complexity index is 422. The van der Waals surface area contributed by atoms with Crippen molar-refractivity contribution in [2.45, 2.75) is 6.92 Å². The van der Waals surface area contributed by atoms with E-state index in [9.17, 15) is 14.7 Å². The largest absolute Gasteiger partial charge is 0.504 e. The van der Waals surface area contributed by atoms with Crippen LogP contribution in [0.3, 0.4) is 0 Å². The summed E-state index contributed by atoms with van der Waals surface area (Å²) in [6.07, 6.45) is 0. The van der Waals surface area contributed by atoms with Crippen LogP contribution in [0.25, 0.3) is 0 Å². The van der Waals surface area contributed by atoms with Crippen LogP contribution in [0.4, 0.5) is 0 Å². The molecule has 0 aliphatic carbocycles. The molecule has 0 heterocycles. The first kappa shape index (κ1) is 11.0. The summed E-state index contributed by atoms with van der Waals surface area (Å²) >= 11 is 0. The van der Waals surface area contributed by atoms with Crippen molar-refractivity contribution in [2.24, 2.45) is 0 Å². The summed E-state index contributed by atoms with van der Waals surface area (Å²) in [5.74, 6) is -2.59. The highest BCUT2D eigenvalue weighted by Gasteiger charge is 2.18. The summed E-state index contributed by atoms with van der Waals surface area (Å²) < 4.78 is 4.80. The maximum Gasteiger partial charge on any atom is 0.377 e. The summed E-state index contributed by atoms with van der Waals surface area (Å²) in [6.45, 7) is 1.55. The van der Waals surface area contributed by atoms with Gasteiger partial charge in [-0.15, -0.1) is 0 Å². The SMILES string of the molecule is COc1cc(C(=O)C(=O)O)cc(C)c1O. The fourth-order valence-electron chi connectivity index (χ4n) is 1.16. The number of carbonyl (C=O) groups is 2. The molecule has 0 fully saturated rings. The average Bonchev–Trinajstić information content (AvgIpc) is 2.20. The quantitative estimate of drug-likeness (QED) is 0.573. The second-order valence-corrected chi connectivity index (χ2v) is 2.98. The zero-order chi connectivity index (χ0) is 11.6. The van der Waals surface area contributed by atoms with Crippen LogP contribution in [0, 0.1) is 6.92 Å². The number of aliphatic carboxylic acids is 1. The van der Waals surface area contributed by atoms with Crippen LogP contribution in [0.15, 0.2) is 12.1 Å². The summed E-state index contributed by atoms with van der Waals surface area (Å²) in [4.78, 5) is 21.6. The summed E-state index contributed by atoms with van der Waals surface area (Å²) in [5.41, 5.74) is 0.369. The molecule has 80 valence electrons. The maximum atomic E-state index is 11.1. The molecular weight excluding hydrogens is 200 g/mol. The maximum absolute atomic E-state index is 11.1. The van der Waals surface area contributed by atoms with Crippen LogP contribution in [-0.4, -0.2) is 29.1 Å². The topological polar surface area (TPSA) is 83.8 Å². The number of carboxylic acids is 1. The number of hydrogen-bond donors (Lipinski definition) is 2. The molecule has 0 atom stereocenters. The number of aryl methyl sites for hydroxylation is 1. The third-order valence-corrected chi connectivity index (χ3v) is 1.94. The Morgan fingerprint density at radius 2 is 1.93 bits per heavy atom. The molecule has 0 radical (unpaired) electrons. The van der Waals surface area contributed by atoms with E-state index in [1.807, 2.05) is 0 Å². The van der Waals surface area contributed by atoms with Gasteiger partial charge in [-0.2, -0.15) is 0 Å². The summed E-state index contributed by atoms with van der Waals surface area (Å²) in [5, 5.41) is 18.0. The van der Waals surface area contributed by atoms with Crippen molar-refractivity contribution in [1.29, 1.82) is 0 Å². The number of phenolic OH excluding ortho intramolecular Hbond substituents is 1. The van der Waals surface area contributed by atoms with Gasteiger partial charge in [0.2, 0.25) is 0 Å². The number of aromatic hydroxyl groups is 1. The van der Waals surface area contributed by atoms with E-state index in [2.05, 4.69) is 0 Å². The van der Waals surface area contributed by atoms with Gasteiger partial charge in [0.1, 0.15) is 0 Å². The lowest BCUT2D eigenvalue weighted by Crippen LogP contribution is -2.12. The van der Waals surface area contributed by atoms with E-state index in [0.717, 1.165) is 0 Å². The molecule has 0 unspecified atom stereocenters. The van der Waals surface area contributed by atoms with E-state index in [4.69, 9.17) is 9.84 Å². The summed E-state index contributed by atoms with van der Waals surface area (Å²) in [7, 11) is 1.32. The van der Waals surface area contributed by atoms with E-state index in [1.165, 1.54) is 19.2 Å². The third kappa shape index (κ3) is 2.07. The van der Waals surface area contributed by atoms with Crippen molar-refractivity contribution in [3.05, 3.63) is 23.3 Å². The van der Waals surface area contributed by atoms with Gasteiger partial charge in [0.15, 0.2) is 11.5 Å². The molecule has 1 rings (SSSR count). The molecule has 1 aromatic carbocycles. The van der Waals surface area contributed by atoms with E-state index in [1.54, 1.807) is 6.92 Å². The molecule has 0 saturated heterocycles. The molecular formula is C10H10O5. The van der Waals surface area contributed by atoms with Crippen LogP contribution in [-0.2, 0) is 4.79 Å². The number of carbonyl (C=O) groups excluding carboxylic acids is 1. The highest BCUT2D eigenvalue weighted by atomic mass is 16.5. The Balaban J connectivity index is 3.28. The predicted octanol–water partition coefficient (Wildman–Crippen LogP) is 0.977. The standard InChI is InChI=1S/C10H10O5/c1-5-3-6(9(12)10(13)14)4-7(15-2)8(5)11/h3-4,11H,1-2H3,(H,13,14). The van der Waals surface area contributed by atoms with Crippen molar-refractivity contribution < 1.29 is 24.5 Å². The first-order valence-corrected chi connectivity index (χ1v) is 4.12. The Morgan fingerprint density at radius 1 is 1.33 bits per heavy atom. The number of methoxy groups -OCH3 is 1. The second kappa shape index (κ2) is 4.00. The predicted molar refractivity (Wildman–Crippen MR) is 51.4 cm³/mol. The molecule has 0 amide bonds. The molecule has 15 heavy (non-hydrogen) atoms. The zero-order valence-electron chi connectivity index (χ0n) is 8.27. The summed E-state index contributed by atoms with van der Waals surface area (Å²) in [6, 6.07) is 2.49. The molecule has 5 heteroatoms. The van der Waals surface area contributed by atoms with Crippen molar-refractivity contribution in [3.63, 3.8) is 0 Å². The Labute approximate surface area is 85.9 Å². The monoisotopic (exact) mass is 210 g/mol. The van der Waals surface area contributed by atoms with Gasteiger partial charge >= 0.3 is 5.97 Å². The number of ketones is 1. The van der Waals surface area contributed by atoms with Crippen molar-refractivity contribution >= 4 is 11.8 Å². The number of benzene rings is 1. The second-order valence-electron chi connectivity index (χ2n) is 2.98. The Kier molecular flexibility index (Phi) is 2.94. The minimum Gasteiger partial charge on any atom is -0.504 e. The van der Waals surface area contributed by atoms with Gasteiger partial charge in [0.25, 0.3) is 5.78 Å². The first-order chi connectivity index (χ1) is 6.97. The fraction of sp³-hybridized carbons (Fsp3) is 0.200. The molecule has 0 aliphatic rings. The molecule has 2 N–H and O–H groups in total. The number of carboxylic acid groups (broad SMARTS) is 1. The first-order valence-electron chi connectivity index (χ1n) is 4.12. The highest BCUT2D eigenvalue weighted by molar-refractivity contribution is 6.39. The lowest BCUT2D eigenvalue weighted by Gasteiger charge is -2.07. The van der Waals surface area contributed by atoms with Gasteiger partial charge in [0.05, 0.1) is 7.11 Å². The molecule has 0 saturated carbocycles. The lowest BCUT2D eigenvalue weighted by atomic mass is 10.1. The zero-order valence-corrected chi connectivity index (χ0v) is 8.27.